The van der Waals surface area contributed by atoms with Gasteiger partial charge in [-0.05, 0) is 21.2 Å². The Hall–Kier alpha value is 0.217. The summed E-state index contributed by atoms with van der Waals surface area (Å²) < 4.78 is 0. The molecular formula is C16H32Si. The van der Waals surface area contributed by atoms with Crippen molar-refractivity contribution in [1.29, 1.82) is 0 Å². The van der Waals surface area contributed by atoms with E-state index in [9.17, 15) is 0 Å². The summed E-state index contributed by atoms with van der Waals surface area (Å²) in [5.41, 5.74) is 2.31. The van der Waals surface area contributed by atoms with Gasteiger partial charge in [0, 0.05) is 0 Å². The van der Waals surface area contributed by atoms with Crippen molar-refractivity contribution in [1.82, 2.24) is 0 Å². The molecule has 0 aromatic heterocycles. The molecule has 0 spiro atoms. The topological polar surface area (TPSA) is 0 Å². The molecule has 0 radical (unpaired) electrons. The molecule has 2 rings (SSSR count). The van der Waals surface area contributed by atoms with Crippen LogP contribution in [-0.2, 0) is 0 Å². The molecule has 2 unspecified atom stereocenters. The molecule has 0 N–H and O–H groups in total. The zero-order valence-corrected chi connectivity index (χ0v) is 13.9. The van der Waals surface area contributed by atoms with E-state index in [1.807, 2.05) is 0 Å². The molecule has 0 nitrogen and oxygen atoms in total. The maximum absolute atomic E-state index is 2.55. The van der Waals surface area contributed by atoms with Crippen molar-refractivity contribution >= 4 is 8.07 Å². The van der Waals surface area contributed by atoms with Crippen molar-refractivity contribution in [2.75, 3.05) is 0 Å². The van der Waals surface area contributed by atoms with Crippen molar-refractivity contribution in [3.63, 3.8) is 0 Å². The maximum atomic E-state index is 2.55. The first-order chi connectivity index (χ1) is 7.73. The van der Waals surface area contributed by atoms with E-state index in [1.165, 1.54) is 25.7 Å². The zero-order chi connectivity index (χ0) is 12.9. The molecular weight excluding hydrogens is 220 g/mol. The van der Waals surface area contributed by atoms with E-state index < -0.39 is 8.07 Å². The molecule has 2 aliphatic rings. The van der Waals surface area contributed by atoms with Gasteiger partial charge in [-0.15, -0.1) is 0 Å². The quantitative estimate of drug-likeness (QED) is 0.454. The van der Waals surface area contributed by atoms with E-state index in [0.29, 0.717) is 10.1 Å². The van der Waals surface area contributed by atoms with Gasteiger partial charge in [0.05, 0.1) is 8.07 Å². The summed E-state index contributed by atoms with van der Waals surface area (Å²) in [7, 11) is -1.12. The van der Waals surface area contributed by atoms with Gasteiger partial charge < -0.3 is 0 Å². The molecule has 100 valence electrons. The number of fused-ring (bicyclic) bond motifs is 1. The standard InChI is InChI=1S/C16H32Si/c1-15(2,3)17(16(4,5)6)13-11-9-7-8-10-12-14(13)17/h13-14H,7-12H2,1-6H3. The average Bonchev–Trinajstić information content (AvgIpc) is 2.69. The molecule has 1 heteroatoms. The highest BCUT2D eigenvalue weighted by Gasteiger charge is 2.74. The second-order valence-corrected chi connectivity index (χ2v) is 14.8. The largest absolute Gasteiger partial charge is 0.0705 e. The summed E-state index contributed by atoms with van der Waals surface area (Å²) >= 11 is 0. The minimum atomic E-state index is -1.12. The fraction of sp³-hybridized carbons (Fsp3) is 1.00. The number of hydrogen-bond donors (Lipinski definition) is 0. The summed E-state index contributed by atoms with van der Waals surface area (Å²) in [5.74, 6) is 0. The SMILES string of the molecule is CC(C)(C)[Si]1(C(C)(C)C)C2CCCCCCC21. The van der Waals surface area contributed by atoms with Crippen LogP contribution in [0.15, 0.2) is 0 Å². The Labute approximate surface area is 110 Å². The number of rotatable bonds is 0. The molecule has 17 heavy (non-hydrogen) atoms. The van der Waals surface area contributed by atoms with E-state index in [0.717, 1.165) is 11.1 Å². The highest BCUT2D eigenvalue weighted by molar-refractivity contribution is 6.97. The molecule has 2 fully saturated rings. The van der Waals surface area contributed by atoms with Crippen LogP contribution in [0, 0.1) is 0 Å². The van der Waals surface area contributed by atoms with Crippen molar-refractivity contribution in [2.45, 2.75) is 101 Å². The van der Waals surface area contributed by atoms with Crippen LogP contribution in [0.2, 0.25) is 21.2 Å². The van der Waals surface area contributed by atoms with Crippen LogP contribution in [0.4, 0.5) is 0 Å². The Morgan fingerprint density at radius 2 is 1.00 bits per heavy atom. The lowest BCUT2D eigenvalue weighted by atomic mass is 10.0. The maximum Gasteiger partial charge on any atom is 0.0705 e. The van der Waals surface area contributed by atoms with Crippen molar-refractivity contribution in [3.8, 4) is 0 Å². The molecule has 0 amide bonds. The molecule has 1 aliphatic heterocycles. The first-order valence-electron chi connectivity index (χ1n) is 7.73. The summed E-state index contributed by atoms with van der Waals surface area (Å²) in [5, 5.41) is 1.20. The van der Waals surface area contributed by atoms with Crippen LogP contribution in [-0.4, -0.2) is 8.07 Å². The number of hydrogen-bond acceptors (Lipinski definition) is 0. The minimum Gasteiger partial charge on any atom is -0.0625 e. The summed E-state index contributed by atoms with van der Waals surface area (Å²) in [6.07, 6.45) is 9.16. The van der Waals surface area contributed by atoms with Gasteiger partial charge in [0.1, 0.15) is 0 Å². The van der Waals surface area contributed by atoms with Crippen LogP contribution < -0.4 is 0 Å². The summed E-state index contributed by atoms with van der Waals surface area (Å²) in [6, 6.07) is 0. The normalized spacial score (nSPS) is 33.5. The third kappa shape index (κ3) is 1.93. The van der Waals surface area contributed by atoms with Crippen molar-refractivity contribution in [2.24, 2.45) is 0 Å². The highest BCUT2D eigenvalue weighted by Crippen LogP contribution is 2.80. The van der Waals surface area contributed by atoms with Gasteiger partial charge in [-0.25, -0.2) is 0 Å². The van der Waals surface area contributed by atoms with E-state index in [1.54, 1.807) is 12.8 Å². The van der Waals surface area contributed by atoms with Crippen LogP contribution >= 0.6 is 0 Å². The lowest BCUT2D eigenvalue weighted by Crippen LogP contribution is -2.40. The van der Waals surface area contributed by atoms with E-state index in [-0.39, 0.29) is 0 Å². The Bertz CT molecular complexity index is 249. The Kier molecular flexibility index (Phi) is 3.30. The Morgan fingerprint density at radius 1 is 0.647 bits per heavy atom. The summed E-state index contributed by atoms with van der Waals surface area (Å²) in [6.45, 7) is 15.3. The Balaban J connectivity index is 2.31. The predicted octanol–water partition coefficient (Wildman–Crippen LogP) is 6.14. The van der Waals surface area contributed by atoms with Crippen LogP contribution in [0.5, 0.6) is 0 Å². The highest BCUT2D eigenvalue weighted by atomic mass is 28.3. The molecule has 1 saturated heterocycles. The van der Waals surface area contributed by atoms with Crippen molar-refractivity contribution < 1.29 is 0 Å². The predicted molar refractivity (Wildman–Crippen MR) is 80.4 cm³/mol. The second kappa shape index (κ2) is 4.11. The van der Waals surface area contributed by atoms with Crippen LogP contribution in [0.1, 0.15) is 80.1 Å². The van der Waals surface area contributed by atoms with Crippen LogP contribution in [0.25, 0.3) is 0 Å². The molecule has 1 aliphatic carbocycles. The van der Waals surface area contributed by atoms with Gasteiger partial charge >= 0.3 is 0 Å². The lowest BCUT2D eigenvalue weighted by molar-refractivity contribution is 0.544. The first-order valence-corrected chi connectivity index (χ1v) is 9.88. The monoisotopic (exact) mass is 252 g/mol. The fourth-order valence-electron chi connectivity index (χ4n) is 5.83. The first kappa shape index (κ1) is 13.6. The third-order valence-electron chi connectivity index (χ3n) is 5.81. The van der Waals surface area contributed by atoms with Gasteiger partial charge in [-0.3, -0.25) is 0 Å². The average molecular weight is 253 g/mol. The minimum absolute atomic E-state index is 0.602. The lowest BCUT2D eigenvalue weighted by Gasteiger charge is -2.42. The Morgan fingerprint density at radius 3 is 1.29 bits per heavy atom. The van der Waals surface area contributed by atoms with Crippen molar-refractivity contribution in [3.05, 3.63) is 0 Å². The van der Waals surface area contributed by atoms with Gasteiger partial charge in [0.15, 0.2) is 0 Å². The molecule has 1 saturated carbocycles. The smallest absolute Gasteiger partial charge is 0.0625 e. The zero-order valence-electron chi connectivity index (χ0n) is 12.9. The summed E-state index contributed by atoms with van der Waals surface area (Å²) in [4.78, 5) is 0. The van der Waals surface area contributed by atoms with Gasteiger partial charge in [0.2, 0.25) is 0 Å². The van der Waals surface area contributed by atoms with E-state index in [2.05, 4.69) is 41.5 Å². The van der Waals surface area contributed by atoms with Gasteiger partial charge in [-0.1, -0.05) is 80.1 Å². The molecule has 0 bridgehead atoms. The third-order valence-corrected chi connectivity index (χ3v) is 14.1. The van der Waals surface area contributed by atoms with Gasteiger partial charge in [0.25, 0.3) is 0 Å². The van der Waals surface area contributed by atoms with E-state index in [4.69, 9.17) is 0 Å². The molecule has 1 heterocycles. The molecule has 0 aromatic carbocycles. The second-order valence-electron chi connectivity index (χ2n) is 8.57. The van der Waals surface area contributed by atoms with E-state index >= 15 is 0 Å². The molecule has 2 atom stereocenters. The van der Waals surface area contributed by atoms with Crippen LogP contribution in [0.3, 0.4) is 0 Å². The fourth-order valence-corrected chi connectivity index (χ4v) is 15.8. The molecule has 0 aromatic rings. The van der Waals surface area contributed by atoms with Gasteiger partial charge in [-0.2, -0.15) is 0 Å².